The molecule has 0 amide bonds. The van der Waals surface area contributed by atoms with Gasteiger partial charge in [0.2, 0.25) is 0 Å². The number of rotatable bonds is 8. The smallest absolute Gasteiger partial charge is 0.269 e. The van der Waals surface area contributed by atoms with Crippen LogP contribution >= 0.6 is 0 Å². The summed E-state index contributed by atoms with van der Waals surface area (Å²) in [5.74, 6) is 0.238. The van der Waals surface area contributed by atoms with E-state index in [1.54, 1.807) is 25.1 Å². The van der Waals surface area contributed by atoms with Crippen LogP contribution in [0.3, 0.4) is 0 Å². The number of benzene rings is 2. The van der Waals surface area contributed by atoms with E-state index in [4.69, 9.17) is 4.74 Å². The van der Waals surface area contributed by atoms with Crippen LogP contribution < -0.4 is 5.43 Å². The normalized spacial score (nSPS) is 11.1. The number of aryl methyl sites for hydroxylation is 1. The highest BCUT2D eigenvalue weighted by molar-refractivity contribution is 5.85. The fraction of sp³-hybridized carbons (Fsp3) is 0.136. The third-order valence-electron chi connectivity index (χ3n) is 4.37. The summed E-state index contributed by atoms with van der Waals surface area (Å²) in [4.78, 5) is 14.5. The number of nitrogens with one attached hydrogen (secondary N) is 1. The van der Waals surface area contributed by atoms with Crippen molar-refractivity contribution in [2.24, 2.45) is 15.3 Å². The minimum atomic E-state index is -0.495. The first-order valence-corrected chi connectivity index (χ1v) is 9.59. The van der Waals surface area contributed by atoms with E-state index in [0.29, 0.717) is 33.8 Å². The number of nitriles is 1. The van der Waals surface area contributed by atoms with Crippen molar-refractivity contribution < 1.29 is 14.8 Å². The zero-order chi connectivity index (χ0) is 23.8. The number of methoxy groups -OCH3 is 1. The molecule has 2 aromatic carbocycles. The number of hydrazone groups is 1. The van der Waals surface area contributed by atoms with Crippen molar-refractivity contribution in [1.82, 2.24) is 4.98 Å². The van der Waals surface area contributed by atoms with Gasteiger partial charge in [0, 0.05) is 36.1 Å². The summed E-state index contributed by atoms with van der Waals surface area (Å²) in [5, 5.41) is 42.5. The molecule has 33 heavy (non-hydrogen) atoms. The first kappa shape index (κ1) is 23.0. The van der Waals surface area contributed by atoms with Gasteiger partial charge >= 0.3 is 0 Å². The molecule has 11 heteroatoms. The SMILES string of the molecule is COCc1cc(C)nc(NN=Cc2cc(N=Nc3ccc([N+](=O)[O-])cc3)ccc2O)c1C#N. The summed E-state index contributed by atoms with van der Waals surface area (Å²) < 4.78 is 5.13. The van der Waals surface area contributed by atoms with Crippen molar-refractivity contribution in [3.8, 4) is 11.8 Å². The number of non-ortho nitro benzene ring substituents is 1. The van der Waals surface area contributed by atoms with Gasteiger partial charge in [-0.2, -0.15) is 20.6 Å². The van der Waals surface area contributed by atoms with Crippen LogP contribution in [0, 0.1) is 28.4 Å². The number of nitrogens with zero attached hydrogens (tertiary/aromatic N) is 6. The number of pyridine rings is 1. The van der Waals surface area contributed by atoms with Gasteiger partial charge in [-0.05, 0) is 43.3 Å². The van der Waals surface area contributed by atoms with Crippen molar-refractivity contribution in [2.45, 2.75) is 13.5 Å². The Morgan fingerprint density at radius 2 is 1.91 bits per heavy atom. The standard InChI is InChI=1S/C22H19N7O4/c1-14-9-16(13-33-2)20(11-23)22(25-14)28-24-12-15-10-18(5-8-21(15)30)27-26-17-3-6-19(7-4-17)29(31)32/h3-10,12,30H,13H2,1-2H3,(H,25,28). The summed E-state index contributed by atoms with van der Waals surface area (Å²) in [6, 6.07) is 14.0. The van der Waals surface area contributed by atoms with Crippen molar-refractivity contribution >= 4 is 29.1 Å². The molecule has 0 aliphatic rings. The highest BCUT2D eigenvalue weighted by atomic mass is 16.6. The quantitative estimate of drug-likeness (QED) is 0.216. The lowest BCUT2D eigenvalue weighted by molar-refractivity contribution is -0.384. The van der Waals surface area contributed by atoms with E-state index in [1.807, 2.05) is 0 Å². The van der Waals surface area contributed by atoms with E-state index < -0.39 is 4.92 Å². The fourth-order valence-corrected chi connectivity index (χ4v) is 2.84. The molecule has 0 atom stereocenters. The van der Waals surface area contributed by atoms with E-state index in [9.17, 15) is 20.5 Å². The largest absolute Gasteiger partial charge is 0.507 e. The lowest BCUT2D eigenvalue weighted by atomic mass is 10.1. The number of nitro groups is 1. The van der Waals surface area contributed by atoms with E-state index in [2.05, 4.69) is 31.8 Å². The zero-order valence-corrected chi connectivity index (χ0v) is 17.8. The molecule has 0 bridgehead atoms. The second-order valence-electron chi connectivity index (χ2n) is 6.78. The minimum Gasteiger partial charge on any atom is -0.507 e. The van der Waals surface area contributed by atoms with E-state index in [1.165, 1.54) is 43.7 Å². The van der Waals surface area contributed by atoms with Gasteiger partial charge in [-0.15, -0.1) is 0 Å². The molecule has 11 nitrogen and oxygen atoms in total. The number of azo groups is 1. The number of hydrogen-bond donors (Lipinski definition) is 2. The van der Waals surface area contributed by atoms with Gasteiger partial charge in [-0.25, -0.2) is 4.98 Å². The van der Waals surface area contributed by atoms with Crippen LogP contribution in [-0.4, -0.2) is 28.3 Å². The maximum Gasteiger partial charge on any atom is 0.269 e. The molecule has 0 spiro atoms. The van der Waals surface area contributed by atoms with Crippen molar-refractivity contribution in [3.05, 3.63) is 81.0 Å². The molecule has 0 unspecified atom stereocenters. The van der Waals surface area contributed by atoms with E-state index >= 15 is 0 Å². The molecule has 0 radical (unpaired) electrons. The van der Waals surface area contributed by atoms with Gasteiger partial charge < -0.3 is 9.84 Å². The number of hydrogen-bond acceptors (Lipinski definition) is 10. The monoisotopic (exact) mass is 445 g/mol. The summed E-state index contributed by atoms with van der Waals surface area (Å²) in [5.41, 5.74) is 5.60. The molecule has 0 fully saturated rings. The molecule has 0 aliphatic heterocycles. The maximum atomic E-state index is 10.7. The van der Waals surface area contributed by atoms with Crippen molar-refractivity contribution in [3.63, 3.8) is 0 Å². The third kappa shape index (κ3) is 5.93. The topological polar surface area (TPSA) is 158 Å². The van der Waals surface area contributed by atoms with Gasteiger partial charge in [0.25, 0.3) is 5.69 Å². The summed E-state index contributed by atoms with van der Waals surface area (Å²) in [6.07, 6.45) is 1.36. The third-order valence-corrected chi connectivity index (χ3v) is 4.37. The molecule has 166 valence electrons. The van der Waals surface area contributed by atoms with Crippen LogP contribution in [0.15, 0.2) is 63.9 Å². The second kappa shape index (κ2) is 10.6. The lowest BCUT2D eigenvalue weighted by Crippen LogP contribution is -2.03. The molecular weight excluding hydrogens is 426 g/mol. The van der Waals surface area contributed by atoms with Crippen molar-refractivity contribution in [2.75, 3.05) is 12.5 Å². The predicted octanol–water partition coefficient (Wildman–Crippen LogP) is 4.88. The first-order valence-electron chi connectivity index (χ1n) is 9.59. The van der Waals surface area contributed by atoms with Crippen LogP contribution in [0.2, 0.25) is 0 Å². The number of phenolic OH excluding ortho intramolecular Hbond substituents is 1. The Morgan fingerprint density at radius 3 is 2.58 bits per heavy atom. The van der Waals surface area contributed by atoms with E-state index in [-0.39, 0.29) is 23.9 Å². The number of aromatic nitrogens is 1. The molecule has 0 saturated heterocycles. The van der Waals surface area contributed by atoms with Crippen LogP contribution in [0.25, 0.3) is 0 Å². The molecular formula is C22H19N7O4. The number of anilines is 1. The minimum absolute atomic E-state index is 0.0346. The van der Waals surface area contributed by atoms with Crippen LogP contribution in [-0.2, 0) is 11.3 Å². The molecule has 3 rings (SSSR count). The fourth-order valence-electron chi connectivity index (χ4n) is 2.84. The summed E-state index contributed by atoms with van der Waals surface area (Å²) in [7, 11) is 1.54. The van der Waals surface area contributed by atoms with Gasteiger partial charge in [0.15, 0.2) is 5.82 Å². The Kier molecular flexibility index (Phi) is 7.35. The highest BCUT2D eigenvalue weighted by Crippen LogP contribution is 2.25. The van der Waals surface area contributed by atoms with Crippen LogP contribution in [0.4, 0.5) is 22.9 Å². The number of phenols is 1. The Bertz CT molecular complexity index is 1260. The van der Waals surface area contributed by atoms with E-state index in [0.717, 1.165) is 0 Å². The molecule has 1 aromatic heterocycles. The zero-order valence-electron chi connectivity index (χ0n) is 17.8. The summed E-state index contributed by atoms with van der Waals surface area (Å²) >= 11 is 0. The molecule has 3 aromatic rings. The highest BCUT2D eigenvalue weighted by Gasteiger charge is 2.11. The predicted molar refractivity (Wildman–Crippen MR) is 121 cm³/mol. The molecule has 2 N–H and O–H groups in total. The number of aromatic hydroxyl groups is 1. The van der Waals surface area contributed by atoms with Gasteiger partial charge in [0.1, 0.15) is 17.4 Å². The molecule has 0 saturated carbocycles. The Balaban J connectivity index is 1.78. The lowest BCUT2D eigenvalue weighted by Gasteiger charge is -2.09. The van der Waals surface area contributed by atoms with Gasteiger partial charge in [-0.1, -0.05) is 0 Å². The molecule has 1 heterocycles. The number of nitro benzene ring substituents is 1. The Labute approximate surface area is 188 Å². The first-order chi connectivity index (χ1) is 15.9. The maximum absolute atomic E-state index is 10.7. The second-order valence-corrected chi connectivity index (χ2v) is 6.78. The molecule has 0 aliphatic carbocycles. The Morgan fingerprint density at radius 1 is 1.21 bits per heavy atom. The van der Waals surface area contributed by atoms with Gasteiger partial charge in [0.05, 0.1) is 29.1 Å². The number of ether oxygens (including phenoxy) is 1. The van der Waals surface area contributed by atoms with Crippen LogP contribution in [0.1, 0.15) is 22.4 Å². The van der Waals surface area contributed by atoms with Crippen LogP contribution in [0.5, 0.6) is 5.75 Å². The van der Waals surface area contributed by atoms with Crippen molar-refractivity contribution in [1.29, 1.82) is 5.26 Å². The Hall–Kier alpha value is -4.69. The van der Waals surface area contributed by atoms with Gasteiger partial charge in [-0.3, -0.25) is 15.5 Å². The summed E-state index contributed by atoms with van der Waals surface area (Å²) in [6.45, 7) is 2.05. The average molecular weight is 445 g/mol. The average Bonchev–Trinajstić information content (AvgIpc) is 2.79.